The highest BCUT2D eigenvalue weighted by molar-refractivity contribution is 8.00. The van der Waals surface area contributed by atoms with Crippen LogP contribution in [-0.4, -0.2) is 34.6 Å². The number of aromatic nitrogens is 1. The van der Waals surface area contributed by atoms with Crippen molar-refractivity contribution in [1.29, 1.82) is 0 Å². The first-order chi connectivity index (χ1) is 21.8. The van der Waals surface area contributed by atoms with Gasteiger partial charge in [-0.1, -0.05) is 52.8 Å². The van der Waals surface area contributed by atoms with Crippen LogP contribution in [0.4, 0.5) is 11.4 Å². The number of nitrogens with one attached hydrogen (secondary N) is 2. The highest BCUT2D eigenvalue weighted by Gasteiger charge is 2.69. The van der Waals surface area contributed by atoms with Gasteiger partial charge in [0.1, 0.15) is 5.75 Å². The van der Waals surface area contributed by atoms with Gasteiger partial charge in [-0.2, -0.15) is 0 Å². The number of hydrogen-bond donors (Lipinski definition) is 2. The van der Waals surface area contributed by atoms with E-state index in [1.165, 1.54) is 16.2 Å². The van der Waals surface area contributed by atoms with Crippen LogP contribution in [0.3, 0.4) is 0 Å². The lowest BCUT2D eigenvalue weighted by Crippen LogP contribution is -2.42. The van der Waals surface area contributed by atoms with Gasteiger partial charge in [0, 0.05) is 26.8 Å². The molecule has 3 amide bonds. The zero-order valence-electron chi connectivity index (χ0n) is 24.1. The molecule has 4 aliphatic rings. The molecule has 2 bridgehead atoms. The molecule has 2 aliphatic carbocycles. The topological polar surface area (TPSA) is 109 Å². The first-order valence-corrected chi connectivity index (χ1v) is 17.0. The molecule has 6 unspecified atom stereocenters. The van der Waals surface area contributed by atoms with E-state index in [0.717, 1.165) is 27.5 Å². The van der Waals surface area contributed by atoms with Gasteiger partial charge in [-0.15, -0.1) is 11.8 Å². The number of benzene rings is 3. The van der Waals surface area contributed by atoms with Gasteiger partial charge >= 0.3 is 4.87 Å². The zero-order valence-corrected chi connectivity index (χ0v) is 26.5. The van der Waals surface area contributed by atoms with Crippen molar-refractivity contribution in [2.24, 2.45) is 29.6 Å². The zero-order chi connectivity index (χ0) is 31.0. The average molecular weight is 658 g/mol. The number of amides is 3. The van der Waals surface area contributed by atoms with E-state index in [0.29, 0.717) is 22.1 Å². The minimum Gasteiger partial charge on any atom is -0.484 e. The second kappa shape index (κ2) is 10.9. The van der Waals surface area contributed by atoms with Gasteiger partial charge in [-0.3, -0.25) is 24.1 Å². The largest absolute Gasteiger partial charge is 0.484 e. The predicted octanol–water partition coefficient (Wildman–Crippen LogP) is 6.09. The summed E-state index contributed by atoms with van der Waals surface area (Å²) in [6.07, 6.45) is 0.800. The number of halogens is 1. The van der Waals surface area contributed by atoms with Crippen molar-refractivity contribution in [2.75, 3.05) is 16.8 Å². The molecule has 3 aromatic carbocycles. The summed E-state index contributed by atoms with van der Waals surface area (Å²) in [5.41, 5.74) is 3.32. The monoisotopic (exact) mass is 657 g/mol. The molecule has 45 heavy (non-hydrogen) atoms. The Morgan fingerprint density at radius 3 is 2.49 bits per heavy atom. The number of nitrogens with zero attached hydrogens (tertiary/aromatic N) is 1. The number of thioether (sulfide) groups is 1. The van der Waals surface area contributed by atoms with Crippen molar-refractivity contribution in [3.8, 4) is 5.75 Å². The fraction of sp³-hybridized carbons (Fsp3) is 0.294. The quantitative estimate of drug-likeness (QED) is 0.243. The second-order valence-electron chi connectivity index (χ2n) is 12.2. The number of anilines is 2. The van der Waals surface area contributed by atoms with Crippen LogP contribution in [0.25, 0.3) is 0 Å². The first-order valence-electron chi connectivity index (χ1n) is 14.9. The number of carbonyl (C=O) groups is 3. The molecule has 2 saturated carbocycles. The SMILES string of the molecule is Cc1ccc(NC(=O)COc2cccc([C@H]3c4sc(=O)[nH]c4SC4C5CC(C6C(=O)N(c7ccc(Cl)cc7)C(=O)C56)C43)c2)cc1. The summed E-state index contributed by atoms with van der Waals surface area (Å²) in [5, 5.41) is 4.32. The summed E-state index contributed by atoms with van der Waals surface area (Å²) in [7, 11) is 0. The van der Waals surface area contributed by atoms with Crippen LogP contribution in [-0.2, 0) is 14.4 Å². The third kappa shape index (κ3) is 4.73. The first kappa shape index (κ1) is 28.6. The Kier molecular flexibility index (Phi) is 6.92. The third-order valence-corrected chi connectivity index (χ3v) is 12.6. The van der Waals surface area contributed by atoms with Gasteiger partial charge in [-0.05, 0) is 85.2 Å². The van der Waals surface area contributed by atoms with Gasteiger partial charge in [0.25, 0.3) is 5.91 Å². The molecule has 2 aliphatic heterocycles. The molecule has 4 aromatic rings. The molecule has 1 saturated heterocycles. The van der Waals surface area contributed by atoms with Crippen molar-refractivity contribution in [3.05, 3.63) is 103 Å². The van der Waals surface area contributed by atoms with Crippen molar-refractivity contribution in [3.63, 3.8) is 0 Å². The number of aromatic amines is 1. The van der Waals surface area contributed by atoms with Crippen molar-refractivity contribution in [2.45, 2.75) is 29.5 Å². The lowest BCUT2D eigenvalue weighted by Gasteiger charge is -2.43. The van der Waals surface area contributed by atoms with Crippen LogP contribution in [0.5, 0.6) is 5.75 Å². The Morgan fingerprint density at radius 2 is 1.73 bits per heavy atom. The average Bonchev–Trinajstić information content (AvgIpc) is 3.77. The maximum atomic E-state index is 13.9. The number of imide groups is 1. The molecule has 11 heteroatoms. The molecule has 0 spiro atoms. The normalized spacial score (nSPS) is 27.7. The number of thiazole rings is 1. The number of fused-ring (bicyclic) bond motifs is 9. The minimum absolute atomic E-state index is 0.00790. The van der Waals surface area contributed by atoms with E-state index in [4.69, 9.17) is 16.3 Å². The number of H-pyrrole nitrogens is 1. The highest BCUT2D eigenvalue weighted by Crippen LogP contribution is 2.68. The summed E-state index contributed by atoms with van der Waals surface area (Å²) < 4.78 is 5.94. The molecule has 8 nitrogen and oxygen atoms in total. The number of rotatable bonds is 6. The standard InChI is InChI=1S/C34H28ClN3O5S2/c1-16-5-9-19(10-6-16)36-24(39)15-43-21-4-2-3-17(13-21)25-26-22-14-23(29(26)44-31-30(25)45-34(42)37-31)28-27(22)32(40)38(33(28)41)20-11-7-18(35)8-12-20/h2-13,22-23,25-29H,14-15H2,1H3,(H,36,39)(H,37,42)/t22?,23?,25-,26?,27?,28?,29?/m1/s1. The number of hydrogen-bond acceptors (Lipinski definition) is 7. The van der Waals surface area contributed by atoms with E-state index in [1.54, 1.807) is 36.0 Å². The second-order valence-corrected chi connectivity index (χ2v) is 14.9. The summed E-state index contributed by atoms with van der Waals surface area (Å²) in [4.78, 5) is 58.2. The van der Waals surface area contributed by atoms with E-state index in [1.807, 2.05) is 55.5 Å². The number of carbonyl (C=O) groups excluding carboxylic acids is 3. The van der Waals surface area contributed by atoms with Crippen molar-refractivity contribution in [1.82, 2.24) is 4.98 Å². The summed E-state index contributed by atoms with van der Waals surface area (Å²) in [5.74, 6) is -0.854. The third-order valence-electron chi connectivity index (χ3n) is 9.73. The van der Waals surface area contributed by atoms with Gasteiger partial charge in [-0.25, -0.2) is 0 Å². The molecular weight excluding hydrogens is 630 g/mol. The van der Waals surface area contributed by atoms with Gasteiger partial charge in [0.15, 0.2) is 6.61 Å². The molecule has 0 radical (unpaired) electrons. The van der Waals surface area contributed by atoms with Crippen LogP contribution >= 0.6 is 34.7 Å². The molecule has 7 atom stereocenters. The Hall–Kier alpha value is -3.86. The van der Waals surface area contributed by atoms with E-state index >= 15 is 0 Å². The Morgan fingerprint density at radius 1 is 1.00 bits per heavy atom. The maximum absolute atomic E-state index is 13.9. The summed E-state index contributed by atoms with van der Waals surface area (Å²) in [6, 6.07) is 22.1. The maximum Gasteiger partial charge on any atom is 0.305 e. The van der Waals surface area contributed by atoms with Crippen molar-refractivity contribution >= 4 is 63.8 Å². The van der Waals surface area contributed by atoms with Crippen LogP contribution in [0.15, 0.2) is 82.6 Å². The minimum atomic E-state index is -0.398. The van der Waals surface area contributed by atoms with Gasteiger partial charge < -0.3 is 15.0 Å². The Bertz CT molecular complexity index is 1910. The Balaban J connectivity index is 1.08. The van der Waals surface area contributed by atoms with E-state index in [2.05, 4.69) is 10.3 Å². The smallest absolute Gasteiger partial charge is 0.305 e. The van der Waals surface area contributed by atoms with Crippen LogP contribution in [0, 0.1) is 36.5 Å². The van der Waals surface area contributed by atoms with Gasteiger partial charge in [0.2, 0.25) is 11.8 Å². The lowest BCUT2D eigenvalue weighted by molar-refractivity contribution is -0.123. The molecule has 8 rings (SSSR count). The van der Waals surface area contributed by atoms with Crippen molar-refractivity contribution < 1.29 is 19.1 Å². The molecular formula is C34H28ClN3O5S2. The molecule has 3 fully saturated rings. The fourth-order valence-corrected chi connectivity index (χ4v) is 11.0. The molecule has 228 valence electrons. The van der Waals surface area contributed by atoms with Crippen LogP contribution in [0.2, 0.25) is 5.02 Å². The van der Waals surface area contributed by atoms with Crippen LogP contribution in [0.1, 0.15) is 28.3 Å². The molecule has 1 aromatic heterocycles. The molecule has 2 N–H and O–H groups in total. The Labute approximate surface area is 272 Å². The fourth-order valence-electron chi connectivity index (χ4n) is 8.02. The lowest BCUT2D eigenvalue weighted by atomic mass is 9.68. The number of ether oxygens (including phenoxy) is 1. The number of aryl methyl sites for hydroxylation is 1. The highest BCUT2D eigenvalue weighted by atomic mass is 35.5. The predicted molar refractivity (Wildman–Crippen MR) is 174 cm³/mol. The van der Waals surface area contributed by atoms with E-state index in [-0.39, 0.29) is 64.0 Å². The summed E-state index contributed by atoms with van der Waals surface area (Å²) in [6.45, 7) is 1.83. The van der Waals surface area contributed by atoms with E-state index < -0.39 is 5.92 Å². The van der Waals surface area contributed by atoms with Crippen LogP contribution < -0.4 is 19.8 Å². The summed E-state index contributed by atoms with van der Waals surface area (Å²) >= 11 is 8.95. The molecule has 3 heterocycles. The van der Waals surface area contributed by atoms with Gasteiger partial charge in [0.05, 0.1) is 22.5 Å². The van der Waals surface area contributed by atoms with E-state index in [9.17, 15) is 19.2 Å².